The van der Waals surface area contributed by atoms with E-state index in [0.717, 1.165) is 0 Å². The molecule has 1 rings (SSSR count). The first kappa shape index (κ1) is 19.8. The molecule has 130 valence electrons. The van der Waals surface area contributed by atoms with E-state index in [1.165, 1.54) is 0 Å². The molecular weight excluding hydrogens is 296 g/mol. The molecule has 22 heavy (non-hydrogen) atoms. The molecule has 1 N–H and O–H groups in total. The molecule has 0 aromatic heterocycles. The molecule has 1 fully saturated rings. The van der Waals surface area contributed by atoms with Gasteiger partial charge in [-0.25, -0.2) is 0 Å². The maximum atomic E-state index is 8.95. The van der Waals surface area contributed by atoms with Crippen LogP contribution < -0.4 is 0 Å². The maximum absolute atomic E-state index is 8.95. The smallest absolute Gasteiger partial charge is 0.192 e. The second kappa shape index (κ2) is 7.14. The summed E-state index contributed by atoms with van der Waals surface area (Å²) in [5, 5.41) is 9.13. The number of aliphatic hydroxyl groups excluding tert-OH is 1. The van der Waals surface area contributed by atoms with E-state index in [1.54, 1.807) is 6.08 Å². The molecule has 1 saturated heterocycles. The summed E-state index contributed by atoms with van der Waals surface area (Å²) in [6.45, 7) is 17.8. The van der Waals surface area contributed by atoms with Gasteiger partial charge < -0.3 is 19.0 Å². The minimum Gasteiger partial charge on any atom is -0.414 e. The van der Waals surface area contributed by atoms with Crippen molar-refractivity contribution in [2.75, 3.05) is 13.2 Å². The van der Waals surface area contributed by atoms with E-state index in [9.17, 15) is 0 Å². The van der Waals surface area contributed by atoms with E-state index >= 15 is 0 Å². The van der Waals surface area contributed by atoms with Crippen molar-refractivity contribution in [3.63, 3.8) is 0 Å². The molecule has 1 aliphatic heterocycles. The molecule has 0 radical (unpaired) electrons. The molecule has 0 saturated carbocycles. The van der Waals surface area contributed by atoms with Crippen LogP contribution in [0.3, 0.4) is 0 Å². The summed E-state index contributed by atoms with van der Waals surface area (Å²) in [4.78, 5) is 0. The van der Waals surface area contributed by atoms with Crippen molar-refractivity contribution in [3.05, 3.63) is 12.2 Å². The highest BCUT2D eigenvalue weighted by Crippen LogP contribution is 2.38. The lowest BCUT2D eigenvalue weighted by Gasteiger charge is -2.37. The fourth-order valence-electron chi connectivity index (χ4n) is 2.33. The zero-order chi connectivity index (χ0) is 17.2. The van der Waals surface area contributed by atoms with Crippen LogP contribution in [0, 0.1) is 5.92 Å². The van der Waals surface area contributed by atoms with Gasteiger partial charge in [0.15, 0.2) is 14.1 Å². The molecule has 1 aliphatic rings. The second-order valence-electron chi connectivity index (χ2n) is 8.18. The molecule has 0 spiro atoms. The van der Waals surface area contributed by atoms with E-state index < -0.39 is 14.1 Å². The maximum Gasteiger partial charge on any atom is 0.192 e. The Balaban J connectivity index is 2.76. The average molecular weight is 331 g/mol. The largest absolute Gasteiger partial charge is 0.414 e. The molecule has 3 atom stereocenters. The van der Waals surface area contributed by atoms with Crippen LogP contribution in [0.15, 0.2) is 12.2 Å². The van der Waals surface area contributed by atoms with Gasteiger partial charge in [-0.1, -0.05) is 39.8 Å². The molecule has 0 bridgehead atoms. The quantitative estimate of drug-likeness (QED) is 0.596. The molecule has 0 unspecified atom stereocenters. The van der Waals surface area contributed by atoms with Gasteiger partial charge in [0.05, 0.1) is 19.3 Å². The van der Waals surface area contributed by atoms with Crippen LogP contribution in [0.5, 0.6) is 0 Å². The third-order valence-electron chi connectivity index (χ3n) is 4.70. The minimum atomic E-state index is -1.80. The first-order valence-corrected chi connectivity index (χ1v) is 11.1. The molecule has 0 aromatic carbocycles. The summed E-state index contributed by atoms with van der Waals surface area (Å²) in [7, 11) is -1.80. The summed E-state index contributed by atoms with van der Waals surface area (Å²) in [6.07, 6.45) is 3.60. The van der Waals surface area contributed by atoms with Crippen molar-refractivity contribution >= 4 is 8.32 Å². The highest BCUT2D eigenvalue weighted by Gasteiger charge is 2.45. The topological polar surface area (TPSA) is 47.9 Å². The van der Waals surface area contributed by atoms with Crippen molar-refractivity contribution in [3.8, 4) is 0 Å². The van der Waals surface area contributed by atoms with Crippen LogP contribution in [-0.2, 0) is 13.9 Å². The number of ether oxygens (including phenoxy) is 2. The molecule has 0 amide bonds. The molecule has 0 aliphatic carbocycles. The number of aliphatic hydroxyl groups is 1. The lowest BCUT2D eigenvalue weighted by Crippen LogP contribution is -2.44. The summed E-state index contributed by atoms with van der Waals surface area (Å²) in [5.74, 6) is -0.421. The summed E-state index contributed by atoms with van der Waals surface area (Å²) in [6, 6.07) is 0. The predicted octanol–water partition coefficient (Wildman–Crippen LogP) is 3.71. The fraction of sp³-hybridized carbons (Fsp3) is 0.882. The SMILES string of the molecule is C[C@H](/C=C/CO)[C@@H]1OC(C)(C)O[C@H]1CO[Si](C)(C)C(C)(C)C. The van der Waals surface area contributed by atoms with Crippen LogP contribution >= 0.6 is 0 Å². The first-order chi connectivity index (χ1) is 9.89. The third-order valence-corrected chi connectivity index (χ3v) is 9.20. The van der Waals surface area contributed by atoms with Crippen LogP contribution in [0.4, 0.5) is 0 Å². The van der Waals surface area contributed by atoms with E-state index in [0.29, 0.717) is 6.61 Å². The Morgan fingerprint density at radius 3 is 2.36 bits per heavy atom. The van der Waals surface area contributed by atoms with Gasteiger partial charge in [-0.15, -0.1) is 0 Å². The summed E-state index contributed by atoms with van der Waals surface area (Å²) in [5.41, 5.74) is 0. The van der Waals surface area contributed by atoms with Crippen LogP contribution in [0.2, 0.25) is 18.1 Å². The number of rotatable bonds is 6. The molecule has 4 nitrogen and oxygen atoms in total. The summed E-state index contributed by atoms with van der Waals surface area (Å²) >= 11 is 0. The molecular formula is C17H34O4Si. The lowest BCUT2D eigenvalue weighted by atomic mass is 10.00. The van der Waals surface area contributed by atoms with Crippen molar-refractivity contribution in [2.24, 2.45) is 5.92 Å². The van der Waals surface area contributed by atoms with Gasteiger partial charge in [0.25, 0.3) is 0 Å². The third kappa shape index (κ3) is 5.17. The van der Waals surface area contributed by atoms with Crippen molar-refractivity contribution in [1.29, 1.82) is 0 Å². The summed E-state index contributed by atoms with van der Waals surface area (Å²) < 4.78 is 18.4. The average Bonchev–Trinajstić information content (AvgIpc) is 2.67. The van der Waals surface area contributed by atoms with Gasteiger partial charge in [0, 0.05) is 5.92 Å². The highest BCUT2D eigenvalue weighted by molar-refractivity contribution is 6.74. The van der Waals surface area contributed by atoms with Gasteiger partial charge in [-0.3, -0.25) is 0 Å². The van der Waals surface area contributed by atoms with E-state index in [-0.39, 0.29) is 29.8 Å². The first-order valence-electron chi connectivity index (χ1n) is 8.17. The second-order valence-corrected chi connectivity index (χ2v) is 13.0. The zero-order valence-electron chi connectivity index (χ0n) is 15.5. The Hall–Kier alpha value is -0.203. The lowest BCUT2D eigenvalue weighted by molar-refractivity contribution is -0.150. The van der Waals surface area contributed by atoms with Gasteiger partial charge >= 0.3 is 0 Å². The van der Waals surface area contributed by atoms with Gasteiger partial charge in [-0.05, 0) is 32.0 Å². The van der Waals surface area contributed by atoms with Gasteiger partial charge in [0.1, 0.15) is 6.10 Å². The van der Waals surface area contributed by atoms with Crippen molar-refractivity contribution in [2.45, 2.75) is 77.7 Å². The van der Waals surface area contributed by atoms with E-state index in [1.807, 2.05) is 19.9 Å². The molecule has 1 heterocycles. The number of hydrogen-bond donors (Lipinski definition) is 1. The predicted molar refractivity (Wildman–Crippen MR) is 92.4 cm³/mol. The Labute approximate surface area is 137 Å². The van der Waals surface area contributed by atoms with E-state index in [2.05, 4.69) is 40.8 Å². The normalized spacial score (nSPS) is 27.5. The Morgan fingerprint density at radius 2 is 1.86 bits per heavy atom. The Kier molecular flexibility index (Phi) is 6.44. The highest BCUT2D eigenvalue weighted by atomic mass is 28.4. The van der Waals surface area contributed by atoms with Gasteiger partial charge in [-0.2, -0.15) is 0 Å². The van der Waals surface area contributed by atoms with Crippen LogP contribution in [-0.4, -0.2) is 44.6 Å². The Bertz CT molecular complexity index is 385. The van der Waals surface area contributed by atoms with Crippen LogP contribution in [0.1, 0.15) is 41.5 Å². The fourth-order valence-corrected chi connectivity index (χ4v) is 3.34. The van der Waals surface area contributed by atoms with Crippen LogP contribution in [0.25, 0.3) is 0 Å². The monoisotopic (exact) mass is 330 g/mol. The minimum absolute atomic E-state index is 0.0481. The van der Waals surface area contributed by atoms with E-state index in [4.69, 9.17) is 19.0 Å². The standard InChI is InChI=1S/C17H34O4Si/c1-13(10-9-11-18)15-14(20-17(5,6)21-15)12-19-22(7,8)16(2,3)4/h9-10,13-15,18H,11-12H2,1-8H3/b10-9+/t13-,14+,15+/m1/s1. The van der Waals surface area contributed by atoms with Gasteiger partial charge in [0.2, 0.25) is 0 Å². The number of hydrogen-bond acceptors (Lipinski definition) is 4. The zero-order valence-corrected chi connectivity index (χ0v) is 16.5. The Morgan fingerprint density at radius 1 is 1.27 bits per heavy atom. The van der Waals surface area contributed by atoms with Crippen molar-refractivity contribution in [1.82, 2.24) is 0 Å². The van der Waals surface area contributed by atoms with Crippen molar-refractivity contribution < 1.29 is 19.0 Å². The molecule has 0 aromatic rings. The molecule has 5 heteroatoms.